The second-order valence-corrected chi connectivity index (χ2v) is 5.45. The maximum absolute atomic E-state index is 12.1. The van der Waals surface area contributed by atoms with E-state index in [1.807, 2.05) is 6.92 Å². The maximum atomic E-state index is 12.1. The third-order valence-corrected chi connectivity index (χ3v) is 4.44. The Morgan fingerprint density at radius 2 is 2.21 bits per heavy atom. The first-order valence-corrected chi connectivity index (χ1v) is 6.49. The first-order valence-electron chi connectivity index (χ1n) is 6.49. The van der Waals surface area contributed by atoms with Crippen LogP contribution in [0.15, 0.2) is 34.9 Å². The topological polar surface area (TPSA) is 63.6 Å². The Kier molecular flexibility index (Phi) is 2.71. The van der Waals surface area contributed by atoms with Gasteiger partial charge in [-0.25, -0.2) is 4.79 Å². The number of hydrogen-bond acceptors (Lipinski definition) is 4. The molecule has 0 spiro atoms. The zero-order chi connectivity index (χ0) is 13.7. The molecule has 1 fully saturated rings. The predicted molar refractivity (Wildman–Crippen MR) is 68.1 cm³/mol. The quantitative estimate of drug-likeness (QED) is 0.570. The van der Waals surface area contributed by atoms with E-state index in [0.29, 0.717) is 16.7 Å². The van der Waals surface area contributed by atoms with E-state index in [1.54, 1.807) is 0 Å². The summed E-state index contributed by atoms with van der Waals surface area (Å²) < 4.78 is 5.42. The molecule has 2 aliphatic carbocycles. The number of ketones is 1. The Bertz CT molecular complexity index is 552. The molecule has 0 amide bonds. The van der Waals surface area contributed by atoms with Crippen molar-refractivity contribution >= 4 is 11.8 Å². The zero-order valence-electron chi connectivity index (χ0n) is 10.8. The molecule has 1 aliphatic heterocycles. The van der Waals surface area contributed by atoms with Crippen LogP contribution in [0.25, 0.3) is 0 Å². The number of allylic oxidation sites excluding steroid dienone is 2. The molecule has 100 valence electrons. The number of carbonyl (C=O) groups is 2. The highest BCUT2D eigenvalue weighted by Gasteiger charge is 2.49. The summed E-state index contributed by atoms with van der Waals surface area (Å²) in [6.45, 7) is 5.57. The average molecular weight is 260 g/mol. The molecule has 2 unspecified atom stereocenters. The van der Waals surface area contributed by atoms with Crippen LogP contribution in [0.1, 0.15) is 19.8 Å². The summed E-state index contributed by atoms with van der Waals surface area (Å²) in [5, 5.41) is 9.45. The van der Waals surface area contributed by atoms with Crippen LogP contribution >= 0.6 is 0 Å². The van der Waals surface area contributed by atoms with Crippen LogP contribution in [0.5, 0.6) is 0 Å². The lowest BCUT2D eigenvalue weighted by Gasteiger charge is -2.24. The van der Waals surface area contributed by atoms with Crippen molar-refractivity contribution < 1.29 is 19.4 Å². The molecule has 3 aliphatic rings. The van der Waals surface area contributed by atoms with Crippen LogP contribution in [-0.2, 0) is 14.3 Å². The van der Waals surface area contributed by atoms with Gasteiger partial charge >= 0.3 is 5.97 Å². The molecular formula is C15H16O4. The number of rotatable bonds is 1. The van der Waals surface area contributed by atoms with E-state index in [9.17, 15) is 14.7 Å². The smallest absolute Gasteiger partial charge is 0.334 e. The van der Waals surface area contributed by atoms with Crippen LogP contribution < -0.4 is 0 Å². The summed E-state index contributed by atoms with van der Waals surface area (Å²) in [6, 6.07) is 0. The summed E-state index contributed by atoms with van der Waals surface area (Å²) >= 11 is 0. The van der Waals surface area contributed by atoms with Crippen LogP contribution in [0, 0.1) is 11.8 Å². The molecule has 4 heteroatoms. The van der Waals surface area contributed by atoms with E-state index >= 15 is 0 Å². The molecule has 1 N–H and O–H groups in total. The second-order valence-electron chi connectivity index (χ2n) is 5.45. The van der Waals surface area contributed by atoms with Crippen LogP contribution in [-0.4, -0.2) is 29.6 Å². The lowest BCUT2D eigenvalue weighted by molar-refractivity contribution is -0.140. The summed E-state index contributed by atoms with van der Waals surface area (Å²) in [6.07, 6.45) is 2.65. The highest BCUT2D eigenvalue weighted by molar-refractivity contribution is 6.09. The summed E-state index contributed by atoms with van der Waals surface area (Å²) in [4.78, 5) is 23.8. The van der Waals surface area contributed by atoms with Gasteiger partial charge in [-0.05, 0) is 31.4 Å². The largest absolute Gasteiger partial charge is 0.457 e. The van der Waals surface area contributed by atoms with Crippen LogP contribution in [0.4, 0.5) is 0 Å². The first kappa shape index (κ1) is 12.4. The van der Waals surface area contributed by atoms with Crippen LogP contribution in [0.3, 0.4) is 0 Å². The highest BCUT2D eigenvalue weighted by atomic mass is 16.6. The summed E-state index contributed by atoms with van der Waals surface area (Å²) in [5.74, 6) is -0.759. The second kappa shape index (κ2) is 4.17. The van der Waals surface area contributed by atoms with Crippen molar-refractivity contribution in [3.63, 3.8) is 0 Å². The molecule has 19 heavy (non-hydrogen) atoms. The normalized spacial score (nSPS) is 33.9. The first-order chi connectivity index (χ1) is 9.04. The van der Waals surface area contributed by atoms with Gasteiger partial charge in [0.25, 0.3) is 0 Å². The minimum Gasteiger partial charge on any atom is -0.457 e. The molecule has 1 heterocycles. The van der Waals surface area contributed by atoms with Gasteiger partial charge in [0.1, 0.15) is 6.10 Å². The van der Waals surface area contributed by atoms with Crippen molar-refractivity contribution in [1.29, 1.82) is 0 Å². The minimum absolute atomic E-state index is 0.0502. The number of carbonyl (C=O) groups excluding carboxylic acids is 2. The van der Waals surface area contributed by atoms with E-state index in [-0.39, 0.29) is 36.3 Å². The third-order valence-electron chi connectivity index (χ3n) is 4.44. The van der Waals surface area contributed by atoms with Gasteiger partial charge in [0, 0.05) is 23.0 Å². The van der Waals surface area contributed by atoms with Gasteiger partial charge in [-0.3, -0.25) is 4.79 Å². The SMILES string of the molecule is C=C1C(=O)O[C@H]2C1CCC(C)=C1C(=O)C=C(CO)C12. The van der Waals surface area contributed by atoms with Gasteiger partial charge in [-0.1, -0.05) is 12.2 Å². The van der Waals surface area contributed by atoms with Crippen LogP contribution in [0.2, 0.25) is 0 Å². The maximum Gasteiger partial charge on any atom is 0.334 e. The standard InChI is InChI=1S/C15H16O4/c1-7-3-4-10-8(2)15(18)19-14(10)13-9(6-16)5-11(17)12(7)13/h5,10,13-14,16H,2-4,6H2,1H3/t10?,13?,14-/m0/s1. The van der Waals surface area contributed by atoms with E-state index in [0.717, 1.165) is 18.4 Å². The molecule has 0 aromatic heterocycles. The molecule has 0 saturated carbocycles. The molecule has 0 aromatic carbocycles. The molecule has 3 rings (SSSR count). The zero-order valence-corrected chi connectivity index (χ0v) is 10.8. The van der Waals surface area contributed by atoms with Gasteiger partial charge in [0.05, 0.1) is 6.61 Å². The third kappa shape index (κ3) is 1.63. The van der Waals surface area contributed by atoms with Gasteiger partial charge in [0.2, 0.25) is 0 Å². The molecule has 0 aromatic rings. The number of fused-ring (bicyclic) bond motifs is 3. The number of hydrogen-bond donors (Lipinski definition) is 1. The minimum atomic E-state index is -0.378. The Balaban J connectivity index is 2.09. The van der Waals surface area contributed by atoms with Crippen molar-refractivity contribution in [3.05, 3.63) is 34.9 Å². The molecule has 0 radical (unpaired) electrons. The number of aliphatic hydroxyl groups excluding tert-OH is 1. The molecular weight excluding hydrogens is 244 g/mol. The number of esters is 1. The molecule has 4 nitrogen and oxygen atoms in total. The van der Waals surface area contributed by atoms with Gasteiger partial charge in [0.15, 0.2) is 5.78 Å². The monoisotopic (exact) mass is 260 g/mol. The Hall–Kier alpha value is -1.68. The summed E-state index contributed by atoms with van der Waals surface area (Å²) in [7, 11) is 0. The molecule has 0 bridgehead atoms. The Morgan fingerprint density at radius 3 is 2.89 bits per heavy atom. The van der Waals surface area contributed by atoms with E-state index < -0.39 is 0 Å². The molecule has 1 saturated heterocycles. The summed E-state index contributed by atoms with van der Waals surface area (Å²) in [5.41, 5.74) is 2.89. The van der Waals surface area contributed by atoms with Gasteiger partial charge in [-0.15, -0.1) is 0 Å². The van der Waals surface area contributed by atoms with Crippen molar-refractivity contribution in [1.82, 2.24) is 0 Å². The fraction of sp³-hybridized carbons (Fsp3) is 0.467. The number of ether oxygens (including phenoxy) is 1. The van der Waals surface area contributed by atoms with Crippen molar-refractivity contribution in [3.8, 4) is 0 Å². The van der Waals surface area contributed by atoms with Crippen molar-refractivity contribution in [2.75, 3.05) is 6.61 Å². The van der Waals surface area contributed by atoms with Gasteiger partial charge < -0.3 is 9.84 Å². The predicted octanol–water partition coefficient (Wildman–Crippen LogP) is 1.31. The lowest BCUT2D eigenvalue weighted by atomic mass is 9.83. The van der Waals surface area contributed by atoms with Gasteiger partial charge in [-0.2, -0.15) is 0 Å². The Labute approximate surface area is 111 Å². The fourth-order valence-electron chi connectivity index (χ4n) is 3.45. The van der Waals surface area contributed by atoms with Crippen molar-refractivity contribution in [2.45, 2.75) is 25.9 Å². The van der Waals surface area contributed by atoms with Crippen molar-refractivity contribution in [2.24, 2.45) is 11.8 Å². The fourth-order valence-corrected chi connectivity index (χ4v) is 3.45. The Morgan fingerprint density at radius 1 is 1.47 bits per heavy atom. The molecule has 3 atom stereocenters. The van der Waals surface area contributed by atoms with E-state index in [1.165, 1.54) is 6.08 Å². The lowest BCUT2D eigenvalue weighted by Crippen LogP contribution is -2.28. The number of aliphatic hydroxyl groups is 1. The highest BCUT2D eigenvalue weighted by Crippen LogP contribution is 2.47. The van der Waals surface area contributed by atoms with E-state index in [2.05, 4.69) is 6.58 Å². The average Bonchev–Trinajstić information content (AvgIpc) is 2.80. The van der Waals surface area contributed by atoms with E-state index in [4.69, 9.17) is 4.74 Å².